The maximum Gasteiger partial charge on any atom is 0.0543 e. The van der Waals surface area contributed by atoms with Crippen molar-refractivity contribution in [3.8, 4) is 16.8 Å². The molecule has 5 unspecified atom stereocenters. The Bertz CT molecular complexity index is 1710. The number of aromatic nitrogens is 1. The number of rotatable bonds is 1. The Hall–Kier alpha value is -3.03. The first-order valence-corrected chi connectivity index (χ1v) is 14.4. The molecule has 5 aromatic rings. The molecule has 2 fully saturated rings. The molecule has 1 heterocycles. The third kappa shape index (κ3) is 2.82. The minimum atomic E-state index is 0.106. The minimum absolute atomic E-state index is 0.106. The van der Waals surface area contributed by atoms with Gasteiger partial charge < -0.3 is 4.57 Å². The molecule has 1 aromatic heterocycles. The minimum Gasteiger partial charge on any atom is -0.309 e. The topological polar surface area (TPSA) is 4.93 Å². The standard InChI is InChI=1S/C35H32ClN/c1-21-16-23-18-22(2)35(24(17-21)19-23)29-10-5-3-9-27(29)34-30(35)11-7-13-33(34)37-31-12-6-4-8-26(31)28-20-25(36)14-15-32(28)37/h3-15,20-24H,16-19H2,1-2H3. The summed E-state index contributed by atoms with van der Waals surface area (Å²) in [4.78, 5) is 0. The lowest BCUT2D eigenvalue weighted by atomic mass is 9.49. The third-order valence-corrected chi connectivity index (χ3v) is 10.4. The lowest BCUT2D eigenvalue weighted by molar-refractivity contribution is 0.0426. The van der Waals surface area contributed by atoms with Crippen molar-refractivity contribution in [2.24, 2.45) is 23.7 Å². The van der Waals surface area contributed by atoms with Gasteiger partial charge in [0.15, 0.2) is 0 Å². The SMILES string of the molecule is CC1CC2CC(C)C3(c4ccccc4-c4c(-n5c6ccccc6c6cc(Cl)ccc65)cccc43)C(C1)C2. The van der Waals surface area contributed by atoms with E-state index in [4.69, 9.17) is 11.6 Å². The monoisotopic (exact) mass is 501 g/mol. The summed E-state index contributed by atoms with van der Waals surface area (Å²) < 4.78 is 2.50. The molecule has 184 valence electrons. The Morgan fingerprint density at radius 1 is 0.730 bits per heavy atom. The Morgan fingerprint density at radius 3 is 2.43 bits per heavy atom. The molecule has 1 spiro atoms. The predicted molar refractivity (Wildman–Crippen MR) is 156 cm³/mol. The molecule has 3 aliphatic rings. The highest BCUT2D eigenvalue weighted by molar-refractivity contribution is 6.32. The van der Waals surface area contributed by atoms with Gasteiger partial charge in [0, 0.05) is 26.8 Å². The van der Waals surface area contributed by atoms with E-state index in [-0.39, 0.29) is 5.41 Å². The molecule has 0 aliphatic heterocycles. The number of benzene rings is 4. The van der Waals surface area contributed by atoms with E-state index in [9.17, 15) is 0 Å². The van der Waals surface area contributed by atoms with E-state index >= 15 is 0 Å². The van der Waals surface area contributed by atoms with Crippen LogP contribution in [0.5, 0.6) is 0 Å². The summed E-state index contributed by atoms with van der Waals surface area (Å²) in [6.07, 6.45) is 5.47. The molecule has 3 aliphatic carbocycles. The highest BCUT2D eigenvalue weighted by Gasteiger charge is 2.56. The number of halogens is 1. The lowest BCUT2D eigenvalue weighted by Crippen LogP contribution is -2.49. The summed E-state index contributed by atoms with van der Waals surface area (Å²) in [5.41, 5.74) is 9.90. The van der Waals surface area contributed by atoms with E-state index in [0.717, 1.165) is 16.9 Å². The predicted octanol–water partition coefficient (Wildman–Crippen LogP) is 9.80. The molecule has 2 heteroatoms. The quantitative estimate of drug-likeness (QED) is 0.215. The number of hydrogen-bond acceptors (Lipinski definition) is 0. The Kier molecular flexibility index (Phi) is 4.60. The fourth-order valence-electron chi connectivity index (χ4n) is 9.13. The van der Waals surface area contributed by atoms with E-state index in [1.165, 1.54) is 64.3 Å². The van der Waals surface area contributed by atoms with Crippen LogP contribution in [-0.4, -0.2) is 4.57 Å². The van der Waals surface area contributed by atoms with E-state index in [1.807, 2.05) is 6.07 Å². The molecular weight excluding hydrogens is 470 g/mol. The van der Waals surface area contributed by atoms with Gasteiger partial charge in [-0.05, 0) is 96.4 Å². The van der Waals surface area contributed by atoms with Crippen molar-refractivity contribution in [2.45, 2.75) is 44.9 Å². The maximum absolute atomic E-state index is 6.50. The van der Waals surface area contributed by atoms with Gasteiger partial charge in [-0.3, -0.25) is 0 Å². The average Bonchev–Trinajstić information content (AvgIpc) is 3.38. The van der Waals surface area contributed by atoms with Crippen LogP contribution >= 0.6 is 11.6 Å². The van der Waals surface area contributed by atoms with Crippen LogP contribution < -0.4 is 0 Å². The molecule has 37 heavy (non-hydrogen) atoms. The van der Waals surface area contributed by atoms with Crippen molar-refractivity contribution in [1.82, 2.24) is 4.57 Å². The molecule has 2 bridgehead atoms. The molecule has 2 saturated carbocycles. The van der Waals surface area contributed by atoms with Gasteiger partial charge in [-0.25, -0.2) is 0 Å². The van der Waals surface area contributed by atoms with E-state index in [0.29, 0.717) is 11.8 Å². The summed E-state index contributed by atoms with van der Waals surface area (Å²) in [5, 5.41) is 3.26. The summed E-state index contributed by atoms with van der Waals surface area (Å²) in [6, 6.07) is 31.6. The van der Waals surface area contributed by atoms with Crippen molar-refractivity contribution in [1.29, 1.82) is 0 Å². The van der Waals surface area contributed by atoms with Crippen LogP contribution in [0, 0.1) is 23.7 Å². The normalized spacial score (nSPS) is 28.1. The molecular formula is C35H32ClN. The number of hydrogen-bond donors (Lipinski definition) is 0. The molecule has 0 amide bonds. The Balaban J connectivity index is 1.48. The van der Waals surface area contributed by atoms with Crippen molar-refractivity contribution in [2.75, 3.05) is 0 Å². The molecule has 0 saturated heterocycles. The van der Waals surface area contributed by atoms with Crippen LogP contribution in [0.4, 0.5) is 0 Å². The van der Waals surface area contributed by atoms with E-state index < -0.39 is 0 Å². The van der Waals surface area contributed by atoms with Crippen LogP contribution in [0.15, 0.2) is 84.9 Å². The Morgan fingerprint density at radius 2 is 1.51 bits per heavy atom. The van der Waals surface area contributed by atoms with Gasteiger partial charge in [0.25, 0.3) is 0 Å². The third-order valence-electron chi connectivity index (χ3n) is 10.2. The average molecular weight is 502 g/mol. The molecule has 0 radical (unpaired) electrons. The van der Waals surface area contributed by atoms with Gasteiger partial charge in [-0.2, -0.15) is 0 Å². The Labute approximate surface area is 224 Å². The molecule has 0 N–H and O–H groups in total. The summed E-state index contributed by atoms with van der Waals surface area (Å²) in [5.74, 6) is 3.04. The zero-order valence-electron chi connectivity index (χ0n) is 21.5. The van der Waals surface area contributed by atoms with E-state index in [2.05, 4.69) is 97.3 Å². The second kappa shape index (κ2) is 7.74. The first-order valence-electron chi connectivity index (χ1n) is 14.0. The number of fused-ring (bicyclic) bond motifs is 11. The van der Waals surface area contributed by atoms with Crippen LogP contribution in [0.2, 0.25) is 5.02 Å². The summed E-state index contributed by atoms with van der Waals surface area (Å²) in [7, 11) is 0. The highest BCUT2D eigenvalue weighted by atomic mass is 35.5. The summed E-state index contributed by atoms with van der Waals surface area (Å²) in [6.45, 7) is 5.04. The summed E-state index contributed by atoms with van der Waals surface area (Å²) >= 11 is 6.50. The van der Waals surface area contributed by atoms with Crippen molar-refractivity contribution in [3.05, 3.63) is 101 Å². The van der Waals surface area contributed by atoms with Gasteiger partial charge >= 0.3 is 0 Å². The van der Waals surface area contributed by atoms with Gasteiger partial charge in [-0.15, -0.1) is 0 Å². The smallest absolute Gasteiger partial charge is 0.0543 e. The van der Waals surface area contributed by atoms with Crippen LogP contribution in [0.25, 0.3) is 38.6 Å². The molecule has 5 atom stereocenters. The highest BCUT2D eigenvalue weighted by Crippen LogP contribution is 2.65. The van der Waals surface area contributed by atoms with Crippen molar-refractivity contribution >= 4 is 33.4 Å². The first-order chi connectivity index (χ1) is 18.1. The van der Waals surface area contributed by atoms with Crippen LogP contribution in [-0.2, 0) is 5.41 Å². The fraction of sp³-hybridized carbons (Fsp3) is 0.314. The van der Waals surface area contributed by atoms with Gasteiger partial charge in [0.2, 0.25) is 0 Å². The van der Waals surface area contributed by atoms with Crippen LogP contribution in [0.3, 0.4) is 0 Å². The second-order valence-electron chi connectivity index (χ2n) is 12.1. The molecule has 4 aromatic carbocycles. The second-order valence-corrected chi connectivity index (χ2v) is 12.6. The van der Waals surface area contributed by atoms with Crippen molar-refractivity contribution in [3.63, 3.8) is 0 Å². The maximum atomic E-state index is 6.50. The first kappa shape index (κ1) is 22.0. The fourth-order valence-corrected chi connectivity index (χ4v) is 9.31. The zero-order valence-corrected chi connectivity index (χ0v) is 22.3. The zero-order chi connectivity index (χ0) is 24.9. The van der Waals surface area contributed by atoms with Gasteiger partial charge in [0.1, 0.15) is 0 Å². The van der Waals surface area contributed by atoms with Gasteiger partial charge in [0.05, 0.1) is 16.7 Å². The van der Waals surface area contributed by atoms with Crippen molar-refractivity contribution < 1.29 is 0 Å². The molecule has 8 rings (SSSR count). The van der Waals surface area contributed by atoms with E-state index in [1.54, 1.807) is 11.1 Å². The van der Waals surface area contributed by atoms with Crippen LogP contribution in [0.1, 0.15) is 50.7 Å². The molecule has 1 nitrogen and oxygen atoms in total. The lowest BCUT2D eigenvalue weighted by Gasteiger charge is -2.54. The largest absolute Gasteiger partial charge is 0.309 e. The van der Waals surface area contributed by atoms with Gasteiger partial charge in [-0.1, -0.05) is 80.0 Å². The number of nitrogens with zero attached hydrogens (tertiary/aromatic N) is 1. The number of para-hydroxylation sites is 1.